The van der Waals surface area contributed by atoms with E-state index in [2.05, 4.69) is 26.3 Å². The Labute approximate surface area is 226 Å². The summed E-state index contributed by atoms with van der Waals surface area (Å²) in [5, 5.41) is 21.2. The molecule has 4 fully saturated rings. The predicted molar refractivity (Wildman–Crippen MR) is 145 cm³/mol. The van der Waals surface area contributed by atoms with E-state index in [9.17, 15) is 19.2 Å². The average molecular weight is 555 g/mol. The van der Waals surface area contributed by atoms with Crippen LogP contribution in [0.4, 0.5) is 9.59 Å². The van der Waals surface area contributed by atoms with Gasteiger partial charge in [-0.15, -0.1) is 0 Å². The van der Waals surface area contributed by atoms with Crippen molar-refractivity contribution >= 4 is 47.5 Å². The molecule has 5 rings (SSSR count). The Morgan fingerprint density at radius 3 is 1.92 bits per heavy atom. The van der Waals surface area contributed by atoms with Crippen molar-refractivity contribution in [2.24, 2.45) is 0 Å². The van der Waals surface area contributed by atoms with Crippen molar-refractivity contribution in [2.75, 3.05) is 11.5 Å². The first-order valence-corrected chi connectivity index (χ1v) is 14.6. The predicted octanol–water partition coefficient (Wildman–Crippen LogP) is 2.68. The maximum absolute atomic E-state index is 11.8. The van der Waals surface area contributed by atoms with Crippen LogP contribution in [0.25, 0.3) is 0 Å². The van der Waals surface area contributed by atoms with Gasteiger partial charge in [0, 0.05) is 47.2 Å². The van der Waals surface area contributed by atoms with E-state index in [-0.39, 0.29) is 56.0 Å². The number of nitrogens with one attached hydrogen (secondary N) is 4. The number of hydrogen-bond acceptors (Lipinski definition) is 7. The van der Waals surface area contributed by atoms with Gasteiger partial charge in [0.2, 0.25) is 5.91 Å². The average Bonchev–Trinajstić information content (AvgIpc) is 3.64. The minimum Gasteiger partial charge on any atom is -0.481 e. The lowest BCUT2D eigenvalue weighted by molar-refractivity contribution is -0.137. The monoisotopic (exact) mass is 554 g/mol. The summed E-state index contributed by atoms with van der Waals surface area (Å²) < 4.78 is 1.53. The molecule has 4 aliphatic rings. The first-order valence-electron chi connectivity index (χ1n) is 12.5. The standard InChI is InChI=1S/C13H18N4O2S.C10H16N2O3S.CH4/c18-11(17-6-5-14-8-17)4-2-1-3-10-12-9(7-20-10)15-13(19)16-12;13-8(14)4-2-1-3-7-9-6(5-16-7)11-10(15)12-9;/h5-6,8-10,12H,1-4,7H2,(H2,15,16,19);6-7,9H,1-5H2,(H,13,14)(H2,11,12,15);1H4/t9-,10-,12-;6-,7-,9-;/m00./s1. The third-order valence-corrected chi connectivity index (χ3v) is 9.94. The van der Waals surface area contributed by atoms with Gasteiger partial charge in [0.05, 0.1) is 24.2 Å². The molecule has 4 aliphatic heterocycles. The van der Waals surface area contributed by atoms with E-state index < -0.39 is 5.97 Å². The van der Waals surface area contributed by atoms with Gasteiger partial charge >= 0.3 is 18.0 Å². The Morgan fingerprint density at radius 2 is 1.43 bits per heavy atom. The van der Waals surface area contributed by atoms with Crippen molar-refractivity contribution in [2.45, 2.75) is 93.5 Å². The van der Waals surface area contributed by atoms with Gasteiger partial charge in [0.1, 0.15) is 6.33 Å². The van der Waals surface area contributed by atoms with Gasteiger partial charge in [-0.25, -0.2) is 14.6 Å². The smallest absolute Gasteiger partial charge is 0.315 e. The van der Waals surface area contributed by atoms with Crippen molar-refractivity contribution in [3.05, 3.63) is 18.7 Å². The molecule has 13 heteroatoms. The van der Waals surface area contributed by atoms with Gasteiger partial charge in [-0.05, 0) is 25.7 Å². The van der Waals surface area contributed by atoms with Gasteiger partial charge in [0.15, 0.2) is 0 Å². The van der Waals surface area contributed by atoms with Gasteiger partial charge in [-0.1, -0.05) is 20.3 Å². The summed E-state index contributed by atoms with van der Waals surface area (Å²) in [5.41, 5.74) is 0. The fraction of sp³-hybridized carbons (Fsp3) is 0.708. The maximum Gasteiger partial charge on any atom is 0.315 e. The van der Waals surface area contributed by atoms with Crippen molar-refractivity contribution in [1.29, 1.82) is 0 Å². The lowest BCUT2D eigenvalue weighted by Gasteiger charge is -2.16. The number of hydrogen-bond donors (Lipinski definition) is 5. The molecular formula is C24H38N6O5S2. The lowest BCUT2D eigenvalue weighted by atomic mass is 10.0. The number of carboxylic acid groups (broad SMARTS) is 1. The van der Waals surface area contributed by atoms with Gasteiger partial charge in [-0.2, -0.15) is 23.5 Å². The summed E-state index contributed by atoms with van der Waals surface area (Å²) in [6, 6.07) is 0.942. The number of aliphatic carboxylic acids is 1. The Kier molecular flexibility index (Phi) is 11.0. The van der Waals surface area contributed by atoms with Gasteiger partial charge in [0.25, 0.3) is 0 Å². The number of urea groups is 2. The summed E-state index contributed by atoms with van der Waals surface area (Å²) in [4.78, 5) is 48.4. The fourth-order valence-corrected chi connectivity index (χ4v) is 8.15. The molecule has 5 heterocycles. The number of thioether (sulfide) groups is 2. The number of carboxylic acids is 1. The van der Waals surface area contributed by atoms with Crippen molar-refractivity contribution < 1.29 is 24.3 Å². The van der Waals surface area contributed by atoms with Crippen LogP contribution in [0.2, 0.25) is 0 Å². The fourth-order valence-electron chi connectivity index (χ4n) is 5.07. The van der Waals surface area contributed by atoms with E-state index in [4.69, 9.17) is 5.11 Å². The third kappa shape index (κ3) is 8.03. The summed E-state index contributed by atoms with van der Waals surface area (Å²) in [6.07, 6.45) is 11.2. The highest BCUT2D eigenvalue weighted by Crippen LogP contribution is 2.34. The summed E-state index contributed by atoms with van der Waals surface area (Å²) in [6.45, 7) is 0. The Bertz CT molecular complexity index is 933. The normalized spacial score (nSPS) is 29.0. The van der Waals surface area contributed by atoms with E-state index in [0.29, 0.717) is 16.9 Å². The number of fused-ring (bicyclic) bond motifs is 2. The molecule has 206 valence electrons. The minimum atomic E-state index is -0.729. The Balaban J connectivity index is 0.000000205. The highest BCUT2D eigenvalue weighted by Gasteiger charge is 2.43. The molecule has 4 saturated heterocycles. The molecule has 0 bridgehead atoms. The van der Waals surface area contributed by atoms with Crippen LogP contribution >= 0.6 is 23.5 Å². The highest BCUT2D eigenvalue weighted by atomic mass is 32.2. The second-order valence-corrected chi connectivity index (χ2v) is 12.0. The van der Waals surface area contributed by atoms with Crippen LogP contribution in [0, 0.1) is 0 Å². The van der Waals surface area contributed by atoms with E-state index in [0.717, 1.165) is 50.0 Å². The summed E-state index contributed by atoms with van der Waals surface area (Å²) in [7, 11) is 0. The van der Waals surface area contributed by atoms with Gasteiger partial charge < -0.3 is 26.4 Å². The second kappa shape index (κ2) is 13.9. The molecule has 6 atom stereocenters. The van der Waals surface area contributed by atoms with Gasteiger partial charge in [-0.3, -0.25) is 14.2 Å². The van der Waals surface area contributed by atoms with E-state index in [1.165, 1.54) is 4.57 Å². The molecule has 0 radical (unpaired) electrons. The Morgan fingerprint density at radius 1 is 0.892 bits per heavy atom. The van der Waals surface area contributed by atoms with Crippen LogP contribution in [-0.2, 0) is 4.79 Å². The number of nitrogens with zero attached hydrogens (tertiary/aromatic N) is 2. The molecule has 11 nitrogen and oxygen atoms in total. The second-order valence-electron chi connectivity index (χ2n) is 9.49. The topological polar surface area (TPSA) is 154 Å². The molecule has 1 aromatic heterocycles. The van der Waals surface area contributed by atoms with E-state index in [1.54, 1.807) is 18.7 Å². The molecule has 1 aromatic rings. The van der Waals surface area contributed by atoms with Crippen molar-refractivity contribution in [3.8, 4) is 0 Å². The molecule has 4 amide bonds. The molecule has 0 unspecified atom stereocenters. The SMILES string of the molecule is C.O=C(O)CCCC[C@@H]1SC[C@@H]2NC(=O)N[C@@H]21.O=C1N[C@H]2[C@H](CS[C@H]2CCCCC(=O)n2ccnc2)N1. The van der Waals surface area contributed by atoms with Crippen molar-refractivity contribution in [1.82, 2.24) is 30.8 Å². The molecule has 5 N–H and O–H groups in total. The van der Waals surface area contributed by atoms with Crippen LogP contribution in [0.15, 0.2) is 18.7 Å². The molecule has 0 saturated carbocycles. The van der Waals surface area contributed by atoms with E-state index in [1.807, 2.05) is 23.5 Å². The Hall–Kier alpha value is -2.41. The van der Waals surface area contributed by atoms with Crippen LogP contribution < -0.4 is 21.3 Å². The third-order valence-electron chi connectivity index (χ3n) is 6.93. The molecular weight excluding hydrogens is 516 g/mol. The summed E-state index contributed by atoms with van der Waals surface area (Å²) >= 11 is 3.79. The highest BCUT2D eigenvalue weighted by molar-refractivity contribution is 8.00. The zero-order valence-corrected chi connectivity index (χ0v) is 21.7. The van der Waals surface area contributed by atoms with Crippen molar-refractivity contribution in [3.63, 3.8) is 0 Å². The molecule has 0 aliphatic carbocycles. The number of carbonyl (C=O) groups excluding carboxylic acids is 3. The zero-order chi connectivity index (χ0) is 25.5. The number of aromatic nitrogens is 2. The number of unbranched alkanes of at least 4 members (excludes halogenated alkanes) is 2. The van der Waals surface area contributed by atoms with Crippen LogP contribution in [0.5, 0.6) is 0 Å². The molecule has 0 aromatic carbocycles. The summed E-state index contributed by atoms with van der Waals surface area (Å²) in [5.74, 6) is 1.32. The first-order chi connectivity index (χ1) is 17.4. The first kappa shape index (κ1) is 29.2. The number of amides is 4. The van der Waals surface area contributed by atoms with Crippen LogP contribution in [0.3, 0.4) is 0 Å². The van der Waals surface area contributed by atoms with Crippen LogP contribution in [-0.4, -0.2) is 84.8 Å². The van der Waals surface area contributed by atoms with Crippen LogP contribution in [0.1, 0.15) is 63.6 Å². The maximum atomic E-state index is 11.8. The minimum absolute atomic E-state index is 0. The quantitative estimate of drug-likeness (QED) is 0.218. The van der Waals surface area contributed by atoms with E-state index >= 15 is 0 Å². The zero-order valence-electron chi connectivity index (χ0n) is 20.1. The number of rotatable bonds is 10. The molecule has 0 spiro atoms. The molecule has 37 heavy (non-hydrogen) atoms. The lowest BCUT2D eigenvalue weighted by Crippen LogP contribution is -2.36. The number of imidazole rings is 1. The number of carbonyl (C=O) groups is 4. The largest absolute Gasteiger partial charge is 0.481 e.